The zero-order chi connectivity index (χ0) is 9.54. The minimum Gasteiger partial charge on any atom is -0.385 e. The van der Waals surface area contributed by atoms with Crippen LogP contribution in [0.5, 0.6) is 0 Å². The van der Waals surface area contributed by atoms with Crippen molar-refractivity contribution in [3.8, 4) is 0 Å². The maximum absolute atomic E-state index is 3.56. The van der Waals surface area contributed by atoms with E-state index in [-0.39, 0.29) is 0 Å². The van der Waals surface area contributed by atoms with Gasteiger partial charge in [0.25, 0.3) is 0 Å². The number of rotatable bonds is 1. The highest BCUT2D eigenvalue weighted by Gasteiger charge is 2.34. The molecule has 0 bridgehead atoms. The van der Waals surface area contributed by atoms with Gasteiger partial charge in [-0.1, -0.05) is 15.9 Å². The molecule has 0 aromatic heterocycles. The number of nitrogens with one attached hydrogen (secondary N) is 1. The van der Waals surface area contributed by atoms with Gasteiger partial charge in [0.15, 0.2) is 0 Å². The molecule has 1 aromatic carbocycles. The molecule has 1 unspecified atom stereocenters. The topological polar surface area (TPSA) is 12.0 Å². The van der Waals surface area contributed by atoms with Gasteiger partial charge >= 0.3 is 0 Å². The van der Waals surface area contributed by atoms with E-state index in [4.69, 9.17) is 0 Å². The Labute approximate surface area is 93.0 Å². The number of halogens is 1. The Bertz CT molecular complexity index is 357. The van der Waals surface area contributed by atoms with Gasteiger partial charge in [-0.25, -0.2) is 0 Å². The van der Waals surface area contributed by atoms with Crippen LogP contribution in [0.2, 0.25) is 0 Å². The number of benzene rings is 1. The Morgan fingerprint density at radius 3 is 2.86 bits per heavy atom. The molecule has 1 N–H and O–H groups in total. The van der Waals surface area contributed by atoms with Crippen molar-refractivity contribution in [1.82, 2.24) is 0 Å². The van der Waals surface area contributed by atoms with E-state index in [9.17, 15) is 0 Å². The Kier molecular flexibility index (Phi) is 2.05. The van der Waals surface area contributed by atoms with Gasteiger partial charge in [-0.15, -0.1) is 0 Å². The number of hydrogen-bond donors (Lipinski definition) is 1. The van der Waals surface area contributed by atoms with Crippen molar-refractivity contribution in [2.45, 2.75) is 25.2 Å². The van der Waals surface area contributed by atoms with Gasteiger partial charge in [0.2, 0.25) is 0 Å². The Morgan fingerprint density at radius 2 is 2.07 bits per heavy atom. The number of anilines is 1. The number of hydrogen-bond acceptors (Lipinski definition) is 1. The molecule has 74 valence electrons. The highest BCUT2D eigenvalue weighted by molar-refractivity contribution is 9.10. The maximum Gasteiger partial charge on any atom is 0.0376 e. The molecule has 0 amide bonds. The quantitative estimate of drug-likeness (QED) is 0.802. The lowest BCUT2D eigenvalue weighted by atomic mass is 9.87. The highest BCUT2D eigenvalue weighted by Crippen LogP contribution is 2.48. The van der Waals surface area contributed by atoms with Gasteiger partial charge in [0.05, 0.1) is 0 Å². The summed E-state index contributed by atoms with van der Waals surface area (Å²) in [7, 11) is 0. The molecule has 2 aliphatic rings. The summed E-state index contributed by atoms with van der Waals surface area (Å²) in [6.07, 6.45) is 4.20. The normalized spacial score (nSPS) is 25.4. The van der Waals surface area contributed by atoms with E-state index >= 15 is 0 Å². The Hall–Kier alpha value is -0.500. The smallest absolute Gasteiger partial charge is 0.0376 e. The van der Waals surface area contributed by atoms with Crippen LogP contribution in [0.15, 0.2) is 22.7 Å². The second-order valence-corrected chi connectivity index (χ2v) is 5.31. The molecule has 2 heteroatoms. The van der Waals surface area contributed by atoms with E-state index in [1.165, 1.54) is 35.0 Å². The molecule has 0 radical (unpaired) electrons. The van der Waals surface area contributed by atoms with Gasteiger partial charge in [-0.3, -0.25) is 0 Å². The minimum atomic E-state index is 0.823. The van der Waals surface area contributed by atoms with Crippen LogP contribution in [0.25, 0.3) is 0 Å². The average Bonchev–Trinajstić information content (AvgIpc) is 3.00. The SMILES string of the molecule is Brc1ccc2c(c1)C(C1CC1)CCN2. The zero-order valence-corrected chi connectivity index (χ0v) is 9.68. The highest BCUT2D eigenvalue weighted by atomic mass is 79.9. The van der Waals surface area contributed by atoms with Crippen molar-refractivity contribution in [3.05, 3.63) is 28.2 Å². The van der Waals surface area contributed by atoms with E-state index in [1.54, 1.807) is 0 Å². The van der Waals surface area contributed by atoms with Gasteiger partial charge in [0.1, 0.15) is 0 Å². The molecule has 0 saturated heterocycles. The zero-order valence-electron chi connectivity index (χ0n) is 8.09. The molecular weight excluding hydrogens is 238 g/mol. The predicted molar refractivity (Wildman–Crippen MR) is 62.7 cm³/mol. The first-order valence-electron chi connectivity index (χ1n) is 5.38. The van der Waals surface area contributed by atoms with E-state index in [0.29, 0.717) is 0 Å². The fourth-order valence-electron chi connectivity index (χ4n) is 2.51. The van der Waals surface area contributed by atoms with E-state index in [2.05, 4.69) is 39.4 Å². The van der Waals surface area contributed by atoms with Gasteiger partial charge in [-0.05, 0) is 54.9 Å². The van der Waals surface area contributed by atoms with Crippen molar-refractivity contribution in [3.63, 3.8) is 0 Å². The number of fused-ring (bicyclic) bond motifs is 1. The summed E-state index contributed by atoms with van der Waals surface area (Å²) >= 11 is 3.56. The molecule has 1 heterocycles. The summed E-state index contributed by atoms with van der Waals surface area (Å²) < 4.78 is 1.21. The van der Waals surface area contributed by atoms with E-state index < -0.39 is 0 Å². The van der Waals surface area contributed by atoms with Crippen LogP contribution in [0.3, 0.4) is 0 Å². The third kappa shape index (κ3) is 1.46. The van der Waals surface area contributed by atoms with Crippen molar-refractivity contribution in [2.75, 3.05) is 11.9 Å². The second kappa shape index (κ2) is 3.27. The Morgan fingerprint density at radius 1 is 1.21 bits per heavy atom. The first-order valence-corrected chi connectivity index (χ1v) is 6.17. The fourth-order valence-corrected chi connectivity index (χ4v) is 2.89. The van der Waals surface area contributed by atoms with Crippen molar-refractivity contribution < 1.29 is 0 Å². The molecule has 1 atom stereocenters. The lowest BCUT2D eigenvalue weighted by Crippen LogP contribution is -2.17. The molecule has 0 spiro atoms. The summed E-state index contributed by atoms with van der Waals surface area (Å²) in [6.45, 7) is 1.15. The summed E-state index contributed by atoms with van der Waals surface area (Å²) in [5.41, 5.74) is 2.89. The summed E-state index contributed by atoms with van der Waals surface area (Å²) in [5.74, 6) is 1.80. The lowest BCUT2D eigenvalue weighted by molar-refractivity contribution is 0.560. The maximum atomic E-state index is 3.56. The summed E-state index contributed by atoms with van der Waals surface area (Å²) in [6, 6.07) is 6.62. The summed E-state index contributed by atoms with van der Waals surface area (Å²) in [4.78, 5) is 0. The molecule has 1 saturated carbocycles. The second-order valence-electron chi connectivity index (χ2n) is 4.39. The van der Waals surface area contributed by atoms with Crippen molar-refractivity contribution in [2.24, 2.45) is 5.92 Å². The molecule has 14 heavy (non-hydrogen) atoms. The van der Waals surface area contributed by atoms with E-state index in [0.717, 1.165) is 18.4 Å². The third-order valence-electron chi connectivity index (χ3n) is 3.37. The van der Waals surface area contributed by atoms with Crippen LogP contribution in [-0.2, 0) is 0 Å². The van der Waals surface area contributed by atoms with Crippen LogP contribution >= 0.6 is 15.9 Å². The van der Waals surface area contributed by atoms with E-state index in [1.807, 2.05) is 0 Å². The molecule has 1 fully saturated rings. The molecule has 1 aromatic rings. The molecule has 1 aliphatic carbocycles. The standard InChI is InChI=1S/C12H14BrN/c13-9-3-4-12-11(7-9)10(5-6-14-12)8-1-2-8/h3-4,7-8,10,14H,1-2,5-6H2. The lowest BCUT2D eigenvalue weighted by Gasteiger charge is -2.26. The molecule has 3 rings (SSSR count). The van der Waals surface area contributed by atoms with Crippen LogP contribution < -0.4 is 5.32 Å². The van der Waals surface area contributed by atoms with Crippen LogP contribution in [-0.4, -0.2) is 6.54 Å². The summed E-state index contributed by atoms with van der Waals surface area (Å²) in [5, 5.41) is 3.48. The van der Waals surface area contributed by atoms with Crippen LogP contribution in [0.4, 0.5) is 5.69 Å². The molecule has 1 nitrogen and oxygen atoms in total. The van der Waals surface area contributed by atoms with Crippen LogP contribution in [0, 0.1) is 5.92 Å². The van der Waals surface area contributed by atoms with Gasteiger partial charge in [-0.2, -0.15) is 0 Å². The van der Waals surface area contributed by atoms with Crippen LogP contribution in [0.1, 0.15) is 30.7 Å². The monoisotopic (exact) mass is 251 g/mol. The van der Waals surface area contributed by atoms with Gasteiger partial charge < -0.3 is 5.32 Å². The van der Waals surface area contributed by atoms with Crippen molar-refractivity contribution >= 4 is 21.6 Å². The largest absolute Gasteiger partial charge is 0.385 e. The third-order valence-corrected chi connectivity index (χ3v) is 3.87. The first kappa shape index (κ1) is 8.78. The fraction of sp³-hybridized carbons (Fsp3) is 0.500. The van der Waals surface area contributed by atoms with Gasteiger partial charge in [0, 0.05) is 16.7 Å². The van der Waals surface area contributed by atoms with Crippen molar-refractivity contribution in [1.29, 1.82) is 0 Å². The molecular formula is C12H14BrN. The Balaban J connectivity index is 2.02. The average molecular weight is 252 g/mol. The minimum absolute atomic E-state index is 0.823. The first-order chi connectivity index (χ1) is 6.84. The predicted octanol–water partition coefficient (Wildman–Crippen LogP) is 3.76. The molecule has 1 aliphatic heterocycles.